The number of carbonyl (C=O) groups is 1. The van der Waals surface area contributed by atoms with Crippen molar-refractivity contribution >= 4 is 33.1 Å². The molecular weight excluding hydrogens is 342 g/mol. The summed E-state index contributed by atoms with van der Waals surface area (Å²) in [5.74, 6) is 0.257. The van der Waals surface area contributed by atoms with Crippen molar-refractivity contribution in [3.8, 4) is 0 Å². The topological polar surface area (TPSA) is 38.3 Å². The number of fused-ring (bicyclic) bond motifs is 1. The summed E-state index contributed by atoms with van der Waals surface area (Å²) in [5.41, 5.74) is 1.92. The first-order valence-electron chi connectivity index (χ1n) is 9.08. The highest BCUT2D eigenvalue weighted by atomic mass is 32.1. The summed E-state index contributed by atoms with van der Waals surface area (Å²) < 4.78 is 5.24. The number of ether oxygens (including phenoxy) is 1. The largest absolute Gasteiger partial charge is 0.462 e. The summed E-state index contributed by atoms with van der Waals surface area (Å²) >= 11 is 1.65. The first-order valence-corrected chi connectivity index (χ1v) is 9.90. The molecule has 0 bridgehead atoms. The second-order valence-electron chi connectivity index (χ2n) is 6.77. The molecule has 3 rings (SSSR count). The van der Waals surface area contributed by atoms with Gasteiger partial charge in [-0.3, -0.25) is 0 Å². The third-order valence-electron chi connectivity index (χ3n) is 4.19. The van der Waals surface area contributed by atoms with E-state index in [1.54, 1.807) is 11.3 Å². The Labute approximate surface area is 159 Å². The molecule has 26 heavy (non-hydrogen) atoms. The molecule has 1 aromatic heterocycles. The molecule has 4 heteroatoms. The molecule has 0 spiro atoms. The molecule has 0 atom stereocenters. The van der Waals surface area contributed by atoms with E-state index in [0.717, 1.165) is 22.8 Å². The SMILES string of the molecule is CCOC(=O)c1cc(Cc2cccc3ccccc23)sc1NCC(C)C. The van der Waals surface area contributed by atoms with Crippen LogP contribution in [0, 0.1) is 5.92 Å². The van der Waals surface area contributed by atoms with E-state index < -0.39 is 0 Å². The van der Waals surface area contributed by atoms with Crippen molar-refractivity contribution in [3.63, 3.8) is 0 Å². The van der Waals surface area contributed by atoms with Crippen molar-refractivity contribution in [3.05, 3.63) is 64.5 Å². The van der Waals surface area contributed by atoms with E-state index in [-0.39, 0.29) is 5.97 Å². The maximum Gasteiger partial charge on any atom is 0.341 e. The second-order valence-corrected chi connectivity index (χ2v) is 7.90. The number of anilines is 1. The van der Waals surface area contributed by atoms with E-state index in [9.17, 15) is 4.79 Å². The lowest BCUT2D eigenvalue weighted by atomic mass is 10.0. The molecular formula is C22H25NO2S. The van der Waals surface area contributed by atoms with Crippen molar-refractivity contribution in [2.75, 3.05) is 18.5 Å². The molecule has 0 aliphatic heterocycles. The molecule has 0 saturated carbocycles. The van der Waals surface area contributed by atoms with E-state index in [1.807, 2.05) is 13.0 Å². The molecule has 0 amide bonds. The van der Waals surface area contributed by atoms with Gasteiger partial charge in [-0.1, -0.05) is 56.3 Å². The van der Waals surface area contributed by atoms with Crippen LogP contribution in [0.5, 0.6) is 0 Å². The zero-order valence-corrected chi connectivity index (χ0v) is 16.4. The fourth-order valence-electron chi connectivity index (χ4n) is 2.95. The van der Waals surface area contributed by atoms with Gasteiger partial charge in [0.05, 0.1) is 12.2 Å². The molecule has 3 aromatic rings. The van der Waals surface area contributed by atoms with Crippen LogP contribution in [0.25, 0.3) is 10.8 Å². The summed E-state index contributed by atoms with van der Waals surface area (Å²) in [5, 5.41) is 6.83. The van der Waals surface area contributed by atoms with Gasteiger partial charge in [0, 0.05) is 17.8 Å². The fourth-order valence-corrected chi connectivity index (χ4v) is 4.03. The Morgan fingerprint density at radius 3 is 2.69 bits per heavy atom. The van der Waals surface area contributed by atoms with Crippen LogP contribution >= 0.6 is 11.3 Å². The third-order valence-corrected chi connectivity index (χ3v) is 5.29. The van der Waals surface area contributed by atoms with Gasteiger partial charge in [-0.2, -0.15) is 0 Å². The smallest absolute Gasteiger partial charge is 0.341 e. The number of esters is 1. The van der Waals surface area contributed by atoms with Crippen LogP contribution in [0.15, 0.2) is 48.5 Å². The number of thiophene rings is 1. The minimum atomic E-state index is -0.251. The lowest BCUT2D eigenvalue weighted by molar-refractivity contribution is 0.0528. The lowest BCUT2D eigenvalue weighted by Crippen LogP contribution is -2.11. The highest BCUT2D eigenvalue weighted by Crippen LogP contribution is 2.32. The third kappa shape index (κ3) is 4.25. The fraction of sp³-hybridized carbons (Fsp3) is 0.318. The molecule has 0 radical (unpaired) electrons. The standard InChI is InChI=1S/C22H25NO2S/c1-4-25-22(24)20-13-18(26-21(20)23-14-15(2)3)12-17-10-7-9-16-8-5-6-11-19(16)17/h5-11,13,15,23H,4,12,14H2,1-3H3. The first-order chi connectivity index (χ1) is 12.6. The summed E-state index contributed by atoms with van der Waals surface area (Å²) in [6.07, 6.45) is 0.807. The number of hydrogen-bond acceptors (Lipinski definition) is 4. The lowest BCUT2D eigenvalue weighted by Gasteiger charge is -2.08. The Bertz CT molecular complexity index is 893. The zero-order valence-electron chi connectivity index (χ0n) is 15.5. The minimum Gasteiger partial charge on any atom is -0.462 e. The van der Waals surface area contributed by atoms with E-state index in [4.69, 9.17) is 4.74 Å². The Morgan fingerprint density at radius 1 is 1.15 bits per heavy atom. The molecule has 0 aliphatic carbocycles. The van der Waals surface area contributed by atoms with E-state index in [2.05, 4.69) is 61.6 Å². The highest BCUT2D eigenvalue weighted by Gasteiger charge is 2.18. The average molecular weight is 368 g/mol. The summed E-state index contributed by atoms with van der Waals surface area (Å²) in [6.45, 7) is 7.36. The van der Waals surface area contributed by atoms with Crippen LogP contribution in [0.4, 0.5) is 5.00 Å². The quantitative estimate of drug-likeness (QED) is 0.541. The number of benzene rings is 2. The van der Waals surface area contributed by atoms with Crippen LogP contribution in [0.2, 0.25) is 0 Å². The van der Waals surface area contributed by atoms with Crippen LogP contribution in [0.1, 0.15) is 41.6 Å². The summed E-state index contributed by atoms with van der Waals surface area (Å²) in [7, 11) is 0. The Morgan fingerprint density at radius 2 is 1.92 bits per heavy atom. The normalized spacial score (nSPS) is 11.1. The summed E-state index contributed by atoms with van der Waals surface area (Å²) in [4.78, 5) is 13.5. The van der Waals surface area contributed by atoms with Gasteiger partial charge >= 0.3 is 5.97 Å². The predicted molar refractivity (Wildman–Crippen MR) is 110 cm³/mol. The molecule has 0 fully saturated rings. The van der Waals surface area contributed by atoms with Gasteiger partial charge in [-0.05, 0) is 35.2 Å². The minimum absolute atomic E-state index is 0.251. The molecule has 0 aliphatic rings. The Kier molecular flexibility index (Phi) is 5.94. The molecule has 1 heterocycles. The van der Waals surface area contributed by atoms with Crippen LogP contribution < -0.4 is 5.32 Å². The van der Waals surface area contributed by atoms with Gasteiger partial charge in [-0.15, -0.1) is 11.3 Å². The monoisotopic (exact) mass is 367 g/mol. The molecule has 136 valence electrons. The summed E-state index contributed by atoms with van der Waals surface area (Å²) in [6, 6.07) is 16.8. The maximum atomic E-state index is 12.3. The molecule has 2 aromatic carbocycles. The number of hydrogen-bond donors (Lipinski definition) is 1. The van der Waals surface area contributed by atoms with Gasteiger partial charge in [0.1, 0.15) is 5.00 Å². The number of carbonyl (C=O) groups excluding carboxylic acids is 1. The molecule has 3 nitrogen and oxygen atoms in total. The number of nitrogens with one attached hydrogen (secondary N) is 1. The zero-order chi connectivity index (χ0) is 18.5. The molecule has 0 unspecified atom stereocenters. The van der Waals surface area contributed by atoms with E-state index in [0.29, 0.717) is 18.1 Å². The van der Waals surface area contributed by atoms with Crippen molar-refractivity contribution in [2.45, 2.75) is 27.2 Å². The Hall–Kier alpha value is -2.33. The number of rotatable bonds is 7. The van der Waals surface area contributed by atoms with Crippen molar-refractivity contribution < 1.29 is 9.53 Å². The van der Waals surface area contributed by atoms with Crippen molar-refractivity contribution in [1.82, 2.24) is 0 Å². The molecule has 1 N–H and O–H groups in total. The van der Waals surface area contributed by atoms with Gasteiger partial charge < -0.3 is 10.1 Å². The van der Waals surface area contributed by atoms with Crippen molar-refractivity contribution in [1.29, 1.82) is 0 Å². The maximum absolute atomic E-state index is 12.3. The molecule has 0 saturated heterocycles. The Balaban J connectivity index is 1.91. The van der Waals surface area contributed by atoms with Gasteiger partial charge in [0.25, 0.3) is 0 Å². The van der Waals surface area contributed by atoms with Gasteiger partial charge in [-0.25, -0.2) is 4.79 Å². The second kappa shape index (κ2) is 8.37. The van der Waals surface area contributed by atoms with E-state index >= 15 is 0 Å². The first kappa shape index (κ1) is 18.5. The van der Waals surface area contributed by atoms with Crippen LogP contribution in [-0.2, 0) is 11.2 Å². The van der Waals surface area contributed by atoms with Crippen LogP contribution in [-0.4, -0.2) is 19.1 Å². The predicted octanol–water partition coefficient (Wildman–Crippen LogP) is 5.74. The van der Waals surface area contributed by atoms with Gasteiger partial charge in [0.15, 0.2) is 0 Å². The van der Waals surface area contributed by atoms with Crippen LogP contribution in [0.3, 0.4) is 0 Å². The van der Waals surface area contributed by atoms with Gasteiger partial charge in [0.2, 0.25) is 0 Å². The van der Waals surface area contributed by atoms with E-state index in [1.165, 1.54) is 16.3 Å². The van der Waals surface area contributed by atoms with Crippen molar-refractivity contribution in [2.24, 2.45) is 5.92 Å². The highest BCUT2D eigenvalue weighted by molar-refractivity contribution is 7.16. The average Bonchev–Trinajstić information content (AvgIpc) is 3.03.